The van der Waals surface area contributed by atoms with Crippen LogP contribution in [0.2, 0.25) is 0 Å². The van der Waals surface area contributed by atoms with Gasteiger partial charge in [-0.1, -0.05) is 13.8 Å². The van der Waals surface area contributed by atoms with Gasteiger partial charge in [0.2, 0.25) is 11.8 Å². The maximum atomic E-state index is 12.3. The Labute approximate surface area is 142 Å². The minimum absolute atomic E-state index is 0.0173. The van der Waals surface area contributed by atoms with Crippen LogP contribution in [0.4, 0.5) is 5.69 Å². The highest BCUT2D eigenvalue weighted by molar-refractivity contribution is 6.00. The van der Waals surface area contributed by atoms with E-state index in [1.165, 1.54) is 0 Å². The van der Waals surface area contributed by atoms with Crippen molar-refractivity contribution in [2.24, 2.45) is 11.8 Å². The molecule has 1 aromatic heterocycles. The first-order chi connectivity index (χ1) is 11.5. The van der Waals surface area contributed by atoms with Crippen LogP contribution in [0.25, 0.3) is 0 Å². The molecule has 24 heavy (non-hydrogen) atoms. The van der Waals surface area contributed by atoms with E-state index in [1.807, 2.05) is 10.9 Å². The highest BCUT2D eigenvalue weighted by Crippen LogP contribution is 2.25. The fraction of sp³-hybridized carbons (Fsp3) is 0.706. The van der Waals surface area contributed by atoms with Gasteiger partial charge in [0.05, 0.1) is 23.9 Å². The summed E-state index contributed by atoms with van der Waals surface area (Å²) in [5.74, 6) is 0.114. The van der Waals surface area contributed by atoms with Crippen molar-refractivity contribution in [2.75, 3.05) is 24.6 Å². The van der Waals surface area contributed by atoms with Crippen molar-refractivity contribution in [3.63, 3.8) is 0 Å². The molecule has 7 nitrogen and oxygen atoms in total. The number of rotatable bonds is 6. The summed E-state index contributed by atoms with van der Waals surface area (Å²) >= 11 is 0. The van der Waals surface area contributed by atoms with Crippen LogP contribution in [0.15, 0.2) is 12.4 Å². The molecule has 0 saturated carbocycles. The highest BCUT2D eigenvalue weighted by atomic mass is 16.5. The second kappa shape index (κ2) is 7.34. The van der Waals surface area contributed by atoms with Gasteiger partial charge >= 0.3 is 0 Å². The molecule has 0 unspecified atom stereocenters. The standard InChI is InChI=1S/C17H26N4O3/c1-12(2)9-20-11-14(7-19-20)21-10-13(6-16(21)22)17(23)18-8-15-4-3-5-24-15/h7,11-13,15H,3-6,8-10H2,1-2H3,(H,18,23)/t13-,15+/m1/s1. The van der Waals surface area contributed by atoms with Gasteiger partial charge in [-0.3, -0.25) is 14.3 Å². The molecule has 1 aromatic rings. The summed E-state index contributed by atoms with van der Waals surface area (Å²) in [5.41, 5.74) is 0.773. The molecule has 3 rings (SSSR count). The molecule has 2 aliphatic heterocycles. The SMILES string of the molecule is CC(C)Cn1cc(N2C[C@H](C(=O)NC[C@@H]3CCCO3)CC2=O)cn1. The third kappa shape index (κ3) is 3.95. The lowest BCUT2D eigenvalue weighted by Gasteiger charge is -2.15. The predicted molar refractivity (Wildman–Crippen MR) is 89.5 cm³/mol. The van der Waals surface area contributed by atoms with E-state index in [0.29, 0.717) is 19.0 Å². The number of carbonyl (C=O) groups is 2. The third-order valence-corrected chi connectivity index (χ3v) is 4.51. The second-order valence-electron chi connectivity index (χ2n) is 7.10. The van der Waals surface area contributed by atoms with Gasteiger partial charge in [-0.15, -0.1) is 0 Å². The summed E-state index contributed by atoms with van der Waals surface area (Å²) in [6, 6.07) is 0. The van der Waals surface area contributed by atoms with E-state index < -0.39 is 0 Å². The molecule has 0 aliphatic carbocycles. The van der Waals surface area contributed by atoms with Crippen LogP contribution in [-0.4, -0.2) is 47.4 Å². The predicted octanol–water partition coefficient (Wildman–Crippen LogP) is 1.19. The third-order valence-electron chi connectivity index (χ3n) is 4.51. The highest BCUT2D eigenvalue weighted by Gasteiger charge is 2.35. The van der Waals surface area contributed by atoms with E-state index in [1.54, 1.807) is 11.1 Å². The van der Waals surface area contributed by atoms with Gasteiger partial charge in [0.15, 0.2) is 0 Å². The minimum Gasteiger partial charge on any atom is -0.376 e. The largest absolute Gasteiger partial charge is 0.376 e. The van der Waals surface area contributed by atoms with Crippen LogP contribution < -0.4 is 10.2 Å². The van der Waals surface area contributed by atoms with Gasteiger partial charge in [-0.05, 0) is 18.8 Å². The average molecular weight is 334 g/mol. The number of anilines is 1. The van der Waals surface area contributed by atoms with Crippen molar-refractivity contribution in [3.8, 4) is 0 Å². The number of amides is 2. The Morgan fingerprint density at radius 2 is 2.33 bits per heavy atom. The smallest absolute Gasteiger partial charge is 0.227 e. The number of hydrogen-bond acceptors (Lipinski definition) is 4. The van der Waals surface area contributed by atoms with E-state index in [0.717, 1.165) is 31.7 Å². The molecular weight excluding hydrogens is 308 g/mol. The van der Waals surface area contributed by atoms with Gasteiger partial charge in [0.1, 0.15) is 0 Å². The van der Waals surface area contributed by atoms with E-state index in [2.05, 4.69) is 24.3 Å². The van der Waals surface area contributed by atoms with Gasteiger partial charge < -0.3 is 15.0 Å². The van der Waals surface area contributed by atoms with Gasteiger partial charge in [0.25, 0.3) is 0 Å². The van der Waals surface area contributed by atoms with Crippen LogP contribution in [0, 0.1) is 11.8 Å². The van der Waals surface area contributed by atoms with Crippen LogP contribution in [0.5, 0.6) is 0 Å². The Bertz CT molecular complexity index is 592. The summed E-state index contributed by atoms with van der Waals surface area (Å²) in [5, 5.41) is 7.23. The van der Waals surface area contributed by atoms with Crippen molar-refractivity contribution in [3.05, 3.63) is 12.4 Å². The molecule has 2 atom stereocenters. The molecule has 7 heteroatoms. The second-order valence-corrected chi connectivity index (χ2v) is 7.10. The Morgan fingerprint density at radius 1 is 1.50 bits per heavy atom. The number of ether oxygens (including phenoxy) is 1. The lowest BCUT2D eigenvalue weighted by Crippen LogP contribution is -2.37. The molecule has 3 heterocycles. The fourth-order valence-corrected chi connectivity index (χ4v) is 3.26. The van der Waals surface area contributed by atoms with Gasteiger partial charge in [-0.25, -0.2) is 0 Å². The average Bonchev–Trinajstić information content (AvgIpc) is 3.24. The Hall–Kier alpha value is -1.89. The molecule has 0 spiro atoms. The fourth-order valence-electron chi connectivity index (χ4n) is 3.26. The molecule has 1 N–H and O–H groups in total. The number of nitrogens with zero attached hydrogens (tertiary/aromatic N) is 3. The van der Waals surface area contributed by atoms with E-state index in [4.69, 9.17) is 4.74 Å². The molecule has 0 radical (unpaired) electrons. The lowest BCUT2D eigenvalue weighted by molar-refractivity contribution is -0.126. The lowest BCUT2D eigenvalue weighted by atomic mass is 10.1. The number of hydrogen-bond donors (Lipinski definition) is 1. The normalized spacial score (nSPS) is 24.1. The topological polar surface area (TPSA) is 76.5 Å². The van der Waals surface area contributed by atoms with Crippen molar-refractivity contribution >= 4 is 17.5 Å². The quantitative estimate of drug-likeness (QED) is 0.848. The van der Waals surface area contributed by atoms with Crippen molar-refractivity contribution in [1.82, 2.24) is 15.1 Å². The molecule has 2 aliphatic rings. The maximum Gasteiger partial charge on any atom is 0.227 e. The Balaban J connectivity index is 1.54. The first kappa shape index (κ1) is 17.0. The summed E-state index contributed by atoms with van der Waals surface area (Å²) in [7, 11) is 0. The monoisotopic (exact) mass is 334 g/mol. The first-order valence-corrected chi connectivity index (χ1v) is 8.75. The molecule has 2 fully saturated rings. The summed E-state index contributed by atoms with van der Waals surface area (Å²) in [6.07, 6.45) is 6.00. The van der Waals surface area contributed by atoms with Crippen molar-refractivity contribution < 1.29 is 14.3 Å². The zero-order valence-electron chi connectivity index (χ0n) is 14.4. The Kier molecular flexibility index (Phi) is 5.18. The molecule has 2 saturated heterocycles. The first-order valence-electron chi connectivity index (χ1n) is 8.75. The maximum absolute atomic E-state index is 12.3. The van der Waals surface area contributed by atoms with Crippen LogP contribution in [0.1, 0.15) is 33.1 Å². The minimum atomic E-state index is -0.299. The van der Waals surface area contributed by atoms with E-state index in [9.17, 15) is 9.59 Å². The van der Waals surface area contributed by atoms with Crippen LogP contribution >= 0.6 is 0 Å². The number of carbonyl (C=O) groups excluding carboxylic acids is 2. The number of nitrogens with one attached hydrogen (secondary N) is 1. The van der Waals surface area contributed by atoms with Gasteiger partial charge in [-0.2, -0.15) is 5.10 Å². The van der Waals surface area contributed by atoms with E-state index >= 15 is 0 Å². The van der Waals surface area contributed by atoms with Crippen molar-refractivity contribution in [1.29, 1.82) is 0 Å². The van der Waals surface area contributed by atoms with Gasteiger partial charge in [0, 0.05) is 38.9 Å². The molecule has 0 bridgehead atoms. The molecular formula is C17H26N4O3. The Morgan fingerprint density at radius 3 is 3.04 bits per heavy atom. The zero-order chi connectivity index (χ0) is 17.1. The summed E-state index contributed by atoms with van der Waals surface area (Å²) in [4.78, 5) is 26.2. The van der Waals surface area contributed by atoms with E-state index in [-0.39, 0.29) is 30.3 Å². The number of aromatic nitrogens is 2. The van der Waals surface area contributed by atoms with Crippen molar-refractivity contribution in [2.45, 2.75) is 45.8 Å². The summed E-state index contributed by atoms with van der Waals surface area (Å²) in [6.45, 7) is 6.79. The molecule has 0 aromatic carbocycles. The van der Waals surface area contributed by atoms with Crippen LogP contribution in [-0.2, 0) is 20.9 Å². The van der Waals surface area contributed by atoms with Crippen LogP contribution in [0.3, 0.4) is 0 Å². The molecule has 132 valence electrons. The zero-order valence-corrected chi connectivity index (χ0v) is 14.4. The molecule has 2 amide bonds. The summed E-state index contributed by atoms with van der Waals surface area (Å²) < 4.78 is 7.35.